The van der Waals surface area contributed by atoms with E-state index in [0.717, 1.165) is 11.1 Å². The number of rotatable bonds is 7. The largest absolute Gasteiger partial charge is 0.497 e. The van der Waals surface area contributed by atoms with E-state index in [4.69, 9.17) is 21.1 Å². The molecule has 3 aromatic rings. The molecule has 0 radical (unpaired) electrons. The van der Waals surface area contributed by atoms with Crippen LogP contribution in [0.3, 0.4) is 0 Å². The Bertz CT molecular complexity index is 1210. The summed E-state index contributed by atoms with van der Waals surface area (Å²) < 4.78 is 25.6. The molecule has 2 heterocycles. The van der Waals surface area contributed by atoms with Crippen molar-refractivity contribution >= 4 is 35.3 Å². The molecule has 0 fully saturated rings. The van der Waals surface area contributed by atoms with Crippen LogP contribution in [0.25, 0.3) is 0 Å². The number of thioether (sulfide) groups is 1. The first kappa shape index (κ1) is 23.1. The number of hydrogen-bond donors (Lipinski definition) is 1. The summed E-state index contributed by atoms with van der Waals surface area (Å²) in [6.45, 7) is 3.84. The number of methoxy groups -OCH3 is 1. The van der Waals surface area contributed by atoms with Gasteiger partial charge in [-0.05, 0) is 49.2 Å². The van der Waals surface area contributed by atoms with Gasteiger partial charge in [-0.2, -0.15) is 4.98 Å². The van der Waals surface area contributed by atoms with E-state index in [1.165, 1.54) is 23.9 Å². The van der Waals surface area contributed by atoms with Crippen molar-refractivity contribution in [2.75, 3.05) is 19.0 Å². The van der Waals surface area contributed by atoms with E-state index in [1.54, 1.807) is 24.8 Å². The summed E-state index contributed by atoms with van der Waals surface area (Å²) >= 11 is 7.51. The number of halogens is 2. The summed E-state index contributed by atoms with van der Waals surface area (Å²) in [5, 5.41) is 8.66. The normalized spacial score (nSPS) is 15.1. The number of fused-ring (bicyclic) bond motifs is 1. The quantitative estimate of drug-likeness (QED) is 0.360. The highest BCUT2D eigenvalue weighted by molar-refractivity contribution is 7.98. The lowest BCUT2D eigenvalue weighted by Crippen LogP contribution is -2.29. The molecular weight excluding hydrogens is 467 g/mol. The molecule has 2 aromatic carbocycles. The molecule has 0 saturated heterocycles. The molecule has 0 amide bonds. The topological polar surface area (TPSA) is 78.3 Å². The second-order valence-electron chi connectivity index (χ2n) is 7.25. The fourth-order valence-electron chi connectivity index (χ4n) is 3.54. The molecule has 1 aromatic heterocycles. The fraction of sp³-hybridized carbons (Fsp3) is 0.261. The van der Waals surface area contributed by atoms with Gasteiger partial charge in [-0.15, -0.1) is 5.10 Å². The van der Waals surface area contributed by atoms with Crippen molar-refractivity contribution < 1.29 is 18.7 Å². The van der Waals surface area contributed by atoms with E-state index in [1.807, 2.05) is 31.2 Å². The summed E-state index contributed by atoms with van der Waals surface area (Å²) in [6, 6.07) is 11.2. The van der Waals surface area contributed by atoms with Gasteiger partial charge in [0.2, 0.25) is 11.1 Å². The molecule has 33 heavy (non-hydrogen) atoms. The van der Waals surface area contributed by atoms with Crippen molar-refractivity contribution in [3.8, 4) is 5.75 Å². The SMILES string of the molecule is CCOC(=O)C1=C(C)Nc2nc(SCc3ccc(F)cc3Cl)nn2C1c1ccc(OC)cc1. The minimum atomic E-state index is -0.525. The maximum atomic E-state index is 13.3. The maximum Gasteiger partial charge on any atom is 0.338 e. The van der Waals surface area contributed by atoms with Crippen LogP contribution in [0.4, 0.5) is 10.3 Å². The number of nitrogens with one attached hydrogen (secondary N) is 1. The first-order valence-electron chi connectivity index (χ1n) is 10.2. The average Bonchev–Trinajstić information content (AvgIpc) is 3.20. The Labute approximate surface area is 199 Å². The zero-order chi connectivity index (χ0) is 23.5. The van der Waals surface area contributed by atoms with Crippen LogP contribution in [0.1, 0.15) is 31.0 Å². The van der Waals surface area contributed by atoms with Gasteiger partial charge < -0.3 is 14.8 Å². The Morgan fingerprint density at radius 1 is 1.27 bits per heavy atom. The zero-order valence-electron chi connectivity index (χ0n) is 18.3. The Balaban J connectivity index is 1.68. The summed E-state index contributed by atoms with van der Waals surface area (Å²) in [4.78, 5) is 17.4. The molecule has 1 aliphatic rings. The monoisotopic (exact) mass is 488 g/mol. The van der Waals surface area contributed by atoms with E-state index < -0.39 is 12.0 Å². The lowest BCUT2D eigenvalue weighted by Gasteiger charge is -2.28. The summed E-state index contributed by atoms with van der Waals surface area (Å²) in [5.41, 5.74) is 2.71. The molecule has 10 heteroatoms. The first-order valence-corrected chi connectivity index (χ1v) is 11.6. The van der Waals surface area contributed by atoms with Crippen LogP contribution in [0.2, 0.25) is 5.02 Å². The first-order chi connectivity index (χ1) is 15.9. The number of esters is 1. The minimum Gasteiger partial charge on any atom is -0.497 e. The molecule has 1 atom stereocenters. The molecule has 0 bridgehead atoms. The molecule has 0 saturated carbocycles. The predicted octanol–water partition coefficient (Wildman–Crippen LogP) is 5.22. The number of carbonyl (C=O) groups is 1. The van der Waals surface area contributed by atoms with Crippen LogP contribution >= 0.6 is 23.4 Å². The van der Waals surface area contributed by atoms with Crippen molar-refractivity contribution in [2.24, 2.45) is 0 Å². The van der Waals surface area contributed by atoms with Crippen LogP contribution in [0.5, 0.6) is 5.75 Å². The third kappa shape index (κ3) is 4.84. The second-order valence-corrected chi connectivity index (χ2v) is 8.60. The highest BCUT2D eigenvalue weighted by atomic mass is 35.5. The molecule has 7 nitrogen and oxygen atoms in total. The number of benzene rings is 2. The van der Waals surface area contributed by atoms with Crippen LogP contribution in [0, 0.1) is 5.82 Å². The molecular formula is C23H22ClFN4O3S. The Morgan fingerprint density at radius 3 is 2.70 bits per heavy atom. The van der Waals surface area contributed by atoms with Gasteiger partial charge in [0.15, 0.2) is 0 Å². The van der Waals surface area contributed by atoms with Crippen molar-refractivity contribution in [3.63, 3.8) is 0 Å². The van der Waals surface area contributed by atoms with Crippen LogP contribution in [-0.2, 0) is 15.3 Å². The predicted molar refractivity (Wildman–Crippen MR) is 125 cm³/mol. The van der Waals surface area contributed by atoms with Gasteiger partial charge in [0.1, 0.15) is 17.6 Å². The summed E-state index contributed by atoms with van der Waals surface area (Å²) in [7, 11) is 1.60. The average molecular weight is 489 g/mol. The Hall–Kier alpha value is -3.04. The third-order valence-electron chi connectivity index (χ3n) is 5.13. The summed E-state index contributed by atoms with van der Waals surface area (Å²) in [6.07, 6.45) is 0. The van der Waals surface area contributed by atoms with Gasteiger partial charge >= 0.3 is 5.97 Å². The van der Waals surface area contributed by atoms with E-state index in [2.05, 4.69) is 15.4 Å². The van der Waals surface area contributed by atoms with Crippen molar-refractivity contribution in [2.45, 2.75) is 30.8 Å². The van der Waals surface area contributed by atoms with Crippen LogP contribution in [-0.4, -0.2) is 34.5 Å². The van der Waals surface area contributed by atoms with Gasteiger partial charge in [-0.1, -0.05) is 41.6 Å². The lowest BCUT2D eigenvalue weighted by molar-refractivity contribution is -0.139. The van der Waals surface area contributed by atoms with E-state index >= 15 is 0 Å². The Kier molecular flexibility index (Phi) is 6.90. The maximum absolute atomic E-state index is 13.3. The number of nitrogens with zero attached hydrogens (tertiary/aromatic N) is 3. The smallest absolute Gasteiger partial charge is 0.338 e. The van der Waals surface area contributed by atoms with Gasteiger partial charge in [0.25, 0.3) is 0 Å². The van der Waals surface area contributed by atoms with E-state index in [0.29, 0.717) is 38.9 Å². The summed E-state index contributed by atoms with van der Waals surface area (Å²) in [5.74, 6) is 0.874. The highest BCUT2D eigenvalue weighted by Crippen LogP contribution is 2.37. The van der Waals surface area contributed by atoms with Crippen molar-refractivity contribution in [3.05, 3.63) is 75.7 Å². The number of aromatic nitrogens is 3. The highest BCUT2D eigenvalue weighted by Gasteiger charge is 2.35. The lowest BCUT2D eigenvalue weighted by atomic mass is 9.96. The second kappa shape index (κ2) is 9.84. The molecule has 1 aliphatic heterocycles. The van der Waals surface area contributed by atoms with Gasteiger partial charge in [0, 0.05) is 16.5 Å². The van der Waals surface area contributed by atoms with Crippen LogP contribution < -0.4 is 10.1 Å². The molecule has 0 spiro atoms. The third-order valence-corrected chi connectivity index (χ3v) is 6.37. The standard InChI is InChI=1S/C23H22ClFN4O3S/c1-4-32-21(30)19-13(2)26-22-27-23(33-12-15-5-8-16(25)11-18(15)24)28-29(22)20(19)14-6-9-17(31-3)10-7-14/h5-11,20H,4,12H2,1-3H3,(H,26,27,28). The van der Waals surface area contributed by atoms with Crippen molar-refractivity contribution in [1.82, 2.24) is 14.8 Å². The zero-order valence-corrected chi connectivity index (χ0v) is 19.8. The van der Waals surface area contributed by atoms with Gasteiger partial charge in [-0.3, -0.25) is 0 Å². The molecule has 1 unspecified atom stereocenters. The van der Waals surface area contributed by atoms with Gasteiger partial charge in [-0.25, -0.2) is 13.9 Å². The van der Waals surface area contributed by atoms with Crippen molar-refractivity contribution in [1.29, 1.82) is 0 Å². The molecule has 4 rings (SSSR count). The van der Waals surface area contributed by atoms with E-state index in [9.17, 15) is 9.18 Å². The fourth-order valence-corrected chi connectivity index (χ4v) is 4.69. The number of hydrogen-bond acceptors (Lipinski definition) is 7. The number of anilines is 1. The Morgan fingerprint density at radius 2 is 2.03 bits per heavy atom. The van der Waals surface area contributed by atoms with E-state index in [-0.39, 0.29) is 12.4 Å². The number of allylic oxidation sites excluding steroid dienone is 1. The number of ether oxygens (including phenoxy) is 2. The van der Waals surface area contributed by atoms with Crippen LogP contribution in [0.15, 0.2) is 58.9 Å². The minimum absolute atomic E-state index is 0.259. The molecule has 172 valence electrons. The molecule has 0 aliphatic carbocycles. The number of carbonyl (C=O) groups excluding carboxylic acids is 1. The molecule has 1 N–H and O–H groups in total. The van der Waals surface area contributed by atoms with Gasteiger partial charge in [0.05, 0.1) is 19.3 Å².